The van der Waals surface area contributed by atoms with Crippen molar-refractivity contribution in [2.24, 2.45) is 5.92 Å². The van der Waals surface area contributed by atoms with E-state index >= 15 is 0 Å². The quantitative estimate of drug-likeness (QED) is 0.351. The number of rotatable bonds is 8. The molecule has 2 N–H and O–H groups in total. The van der Waals surface area contributed by atoms with Crippen LogP contribution in [-0.4, -0.2) is 30.2 Å². The number of amides is 2. The Balaban J connectivity index is 1.30. The smallest absolute Gasteiger partial charge is 0.226 e. The van der Waals surface area contributed by atoms with Gasteiger partial charge in [-0.3, -0.25) is 9.59 Å². The fourth-order valence-electron chi connectivity index (χ4n) is 5.20. The normalized spacial score (nSPS) is 20.5. The Morgan fingerprint density at radius 2 is 1.76 bits per heavy atom. The van der Waals surface area contributed by atoms with E-state index in [1.54, 1.807) is 11.8 Å². The number of nitrogens with one attached hydrogen (secondary N) is 2. The molecule has 1 saturated carbocycles. The molecular formula is C28H37N3O2S. The van der Waals surface area contributed by atoms with Crippen molar-refractivity contribution in [3.8, 4) is 0 Å². The fraction of sp³-hybridized carbons (Fsp3) is 0.500. The SMILES string of the molecule is CCC(=O)N1c2ccccc2[C@H](Nc2ccc(SCCNC(=O)C3CCCCC3)cc2)C[C@@H]1C. The number of anilines is 2. The van der Waals surface area contributed by atoms with Crippen LogP contribution >= 0.6 is 11.8 Å². The molecule has 0 radical (unpaired) electrons. The molecule has 0 aromatic heterocycles. The van der Waals surface area contributed by atoms with E-state index in [0.717, 1.165) is 36.4 Å². The second-order valence-electron chi connectivity index (χ2n) is 9.46. The molecule has 2 aromatic rings. The molecule has 2 aliphatic rings. The highest BCUT2D eigenvalue weighted by molar-refractivity contribution is 7.99. The van der Waals surface area contributed by atoms with Crippen LogP contribution in [0.4, 0.5) is 11.4 Å². The van der Waals surface area contributed by atoms with Gasteiger partial charge in [-0.2, -0.15) is 0 Å². The Morgan fingerprint density at radius 3 is 2.50 bits per heavy atom. The molecular weight excluding hydrogens is 442 g/mol. The maximum Gasteiger partial charge on any atom is 0.226 e. The van der Waals surface area contributed by atoms with Crippen LogP contribution in [0.2, 0.25) is 0 Å². The van der Waals surface area contributed by atoms with Gasteiger partial charge < -0.3 is 15.5 Å². The zero-order valence-electron chi connectivity index (χ0n) is 20.4. The van der Waals surface area contributed by atoms with Crippen LogP contribution in [0.1, 0.15) is 70.4 Å². The van der Waals surface area contributed by atoms with Crippen molar-refractivity contribution in [2.75, 3.05) is 22.5 Å². The maximum absolute atomic E-state index is 12.5. The number of thioether (sulfide) groups is 1. The van der Waals surface area contributed by atoms with Crippen LogP contribution in [-0.2, 0) is 9.59 Å². The molecule has 0 spiro atoms. The highest BCUT2D eigenvalue weighted by atomic mass is 32.2. The number of nitrogens with zero attached hydrogens (tertiary/aromatic N) is 1. The predicted octanol–water partition coefficient (Wildman–Crippen LogP) is 6.16. The Labute approximate surface area is 208 Å². The summed E-state index contributed by atoms with van der Waals surface area (Å²) in [6.45, 7) is 4.76. The lowest BCUT2D eigenvalue weighted by molar-refractivity contribution is -0.125. The van der Waals surface area contributed by atoms with E-state index in [4.69, 9.17) is 0 Å². The molecule has 2 amide bonds. The molecule has 1 fully saturated rings. The Bertz CT molecular complexity index is 972. The Hall–Kier alpha value is -2.47. The van der Waals surface area contributed by atoms with Crippen molar-refractivity contribution in [1.29, 1.82) is 0 Å². The summed E-state index contributed by atoms with van der Waals surface area (Å²) in [5.74, 6) is 1.51. The van der Waals surface area contributed by atoms with Crippen molar-refractivity contribution in [3.63, 3.8) is 0 Å². The van der Waals surface area contributed by atoms with Gasteiger partial charge in [0, 0.05) is 46.9 Å². The van der Waals surface area contributed by atoms with Gasteiger partial charge in [0.05, 0.1) is 6.04 Å². The molecule has 1 aliphatic carbocycles. The number of fused-ring (bicyclic) bond motifs is 1. The second-order valence-corrected chi connectivity index (χ2v) is 10.6. The van der Waals surface area contributed by atoms with Gasteiger partial charge in [0.25, 0.3) is 0 Å². The summed E-state index contributed by atoms with van der Waals surface area (Å²) in [7, 11) is 0. The van der Waals surface area contributed by atoms with Crippen molar-refractivity contribution in [1.82, 2.24) is 5.32 Å². The zero-order valence-corrected chi connectivity index (χ0v) is 21.2. The molecule has 2 atom stereocenters. The second kappa shape index (κ2) is 11.8. The molecule has 1 aliphatic heterocycles. The number of hydrogen-bond acceptors (Lipinski definition) is 4. The Kier molecular flexibility index (Phi) is 8.54. The average molecular weight is 480 g/mol. The minimum Gasteiger partial charge on any atom is -0.378 e. The summed E-state index contributed by atoms with van der Waals surface area (Å²) in [6.07, 6.45) is 7.13. The van der Waals surface area contributed by atoms with Crippen molar-refractivity contribution < 1.29 is 9.59 Å². The molecule has 0 saturated heterocycles. The van der Waals surface area contributed by atoms with E-state index in [1.807, 2.05) is 24.0 Å². The molecule has 6 heteroatoms. The molecule has 182 valence electrons. The van der Waals surface area contributed by atoms with E-state index < -0.39 is 0 Å². The largest absolute Gasteiger partial charge is 0.378 e. The minimum atomic E-state index is 0.151. The molecule has 0 bridgehead atoms. The molecule has 1 heterocycles. The average Bonchev–Trinajstić information content (AvgIpc) is 2.87. The zero-order chi connectivity index (χ0) is 23.9. The highest BCUT2D eigenvalue weighted by Crippen LogP contribution is 2.39. The van der Waals surface area contributed by atoms with Crippen molar-refractivity contribution in [3.05, 3.63) is 54.1 Å². The summed E-state index contributed by atoms with van der Waals surface area (Å²) in [6, 6.07) is 17.1. The fourth-order valence-corrected chi connectivity index (χ4v) is 5.97. The van der Waals surface area contributed by atoms with Crippen LogP contribution in [0, 0.1) is 5.92 Å². The number of hydrogen-bond donors (Lipinski definition) is 2. The van der Waals surface area contributed by atoms with Gasteiger partial charge in [-0.15, -0.1) is 11.8 Å². The summed E-state index contributed by atoms with van der Waals surface area (Å²) in [5, 5.41) is 6.80. The van der Waals surface area contributed by atoms with Crippen LogP contribution in [0.3, 0.4) is 0 Å². The lowest BCUT2D eigenvalue weighted by Crippen LogP contribution is -2.44. The first kappa shape index (κ1) is 24.6. The van der Waals surface area contributed by atoms with Crippen molar-refractivity contribution in [2.45, 2.75) is 75.8 Å². The van der Waals surface area contributed by atoms with Gasteiger partial charge in [0.1, 0.15) is 0 Å². The van der Waals surface area contributed by atoms with Gasteiger partial charge in [-0.05, 0) is 62.1 Å². The van der Waals surface area contributed by atoms with E-state index in [9.17, 15) is 9.59 Å². The van der Waals surface area contributed by atoms with E-state index in [-0.39, 0.29) is 29.8 Å². The minimum absolute atomic E-state index is 0.151. The van der Waals surface area contributed by atoms with Gasteiger partial charge in [-0.1, -0.05) is 44.4 Å². The van der Waals surface area contributed by atoms with Crippen LogP contribution in [0.25, 0.3) is 0 Å². The van der Waals surface area contributed by atoms with E-state index in [2.05, 4.69) is 54.0 Å². The first-order chi connectivity index (χ1) is 16.6. The van der Waals surface area contributed by atoms with E-state index in [0.29, 0.717) is 13.0 Å². The maximum atomic E-state index is 12.5. The number of benzene rings is 2. The lowest BCUT2D eigenvalue weighted by Gasteiger charge is -2.40. The number of carbonyl (C=O) groups is 2. The standard InChI is InChI=1S/C28H37N3O2S/c1-3-27(32)31-20(2)19-25(24-11-7-8-12-26(24)31)30-22-13-15-23(16-14-22)34-18-17-29-28(33)21-9-5-4-6-10-21/h7-8,11-16,20-21,25,30H,3-6,9-10,17-19H2,1-2H3,(H,29,33)/t20-,25+/m0/s1. The first-order valence-corrected chi connectivity index (χ1v) is 13.7. The van der Waals surface area contributed by atoms with Gasteiger partial charge in [-0.25, -0.2) is 0 Å². The van der Waals surface area contributed by atoms with Gasteiger partial charge in [0.2, 0.25) is 11.8 Å². The highest BCUT2D eigenvalue weighted by Gasteiger charge is 2.32. The first-order valence-electron chi connectivity index (χ1n) is 12.7. The molecule has 4 rings (SSSR count). The van der Waals surface area contributed by atoms with Crippen LogP contribution in [0.5, 0.6) is 0 Å². The summed E-state index contributed by atoms with van der Waals surface area (Å²) in [4.78, 5) is 28.0. The topological polar surface area (TPSA) is 61.4 Å². The molecule has 34 heavy (non-hydrogen) atoms. The van der Waals surface area contributed by atoms with Crippen LogP contribution < -0.4 is 15.5 Å². The number of para-hydroxylation sites is 1. The summed E-state index contributed by atoms with van der Waals surface area (Å²) >= 11 is 1.77. The molecule has 5 nitrogen and oxygen atoms in total. The van der Waals surface area contributed by atoms with Crippen LogP contribution in [0.15, 0.2) is 53.4 Å². The van der Waals surface area contributed by atoms with Gasteiger partial charge >= 0.3 is 0 Å². The Morgan fingerprint density at radius 1 is 1.03 bits per heavy atom. The monoisotopic (exact) mass is 479 g/mol. The van der Waals surface area contributed by atoms with E-state index in [1.165, 1.54) is 29.7 Å². The third kappa shape index (κ3) is 5.96. The molecule has 0 unspecified atom stereocenters. The van der Waals surface area contributed by atoms with Gasteiger partial charge in [0.15, 0.2) is 0 Å². The third-order valence-corrected chi connectivity index (χ3v) is 8.02. The molecule has 2 aromatic carbocycles. The lowest BCUT2D eigenvalue weighted by atomic mass is 9.89. The van der Waals surface area contributed by atoms with Crippen molar-refractivity contribution >= 4 is 35.0 Å². The summed E-state index contributed by atoms with van der Waals surface area (Å²) in [5.41, 5.74) is 3.28. The summed E-state index contributed by atoms with van der Waals surface area (Å²) < 4.78 is 0. The third-order valence-electron chi connectivity index (χ3n) is 7.00. The number of carbonyl (C=O) groups excluding carboxylic acids is 2. The predicted molar refractivity (Wildman–Crippen MR) is 141 cm³/mol.